The minimum absolute atomic E-state index is 0.0714. The van der Waals surface area contributed by atoms with Crippen molar-refractivity contribution in [1.82, 2.24) is 10.2 Å². The smallest absolute Gasteiger partial charge is 0.244 e. The number of benzene rings is 3. The number of aryl methyl sites for hydroxylation is 3. The van der Waals surface area contributed by atoms with Crippen LogP contribution in [0.15, 0.2) is 72.8 Å². The molecule has 0 heterocycles. The number of hydrogen-bond donors (Lipinski definition) is 1. The topological polar surface area (TPSA) is 86.8 Å². The zero-order valence-electron chi connectivity index (χ0n) is 25.2. The SMILES string of the molecule is Cc1ccccc1CN(C(=O)CN(c1c(C)cccc1C)S(C)(=O)=O)[C@H](Cc1ccccc1)C(=O)NC1CCCCC1. The van der Waals surface area contributed by atoms with Gasteiger partial charge in [0, 0.05) is 19.0 Å². The fourth-order valence-corrected chi connectivity index (χ4v) is 6.81. The van der Waals surface area contributed by atoms with Gasteiger partial charge in [-0.1, -0.05) is 92.1 Å². The zero-order valence-corrected chi connectivity index (χ0v) is 26.0. The number of nitrogens with one attached hydrogen (secondary N) is 1. The Morgan fingerprint density at radius 3 is 2.05 bits per heavy atom. The van der Waals surface area contributed by atoms with Crippen LogP contribution in [-0.2, 0) is 32.6 Å². The van der Waals surface area contributed by atoms with E-state index in [1.165, 1.54) is 4.31 Å². The van der Waals surface area contributed by atoms with Gasteiger partial charge in [0.2, 0.25) is 21.8 Å². The Morgan fingerprint density at radius 1 is 0.833 bits per heavy atom. The number of sulfonamides is 1. The van der Waals surface area contributed by atoms with E-state index in [1.807, 2.05) is 93.6 Å². The molecule has 224 valence electrons. The average Bonchev–Trinajstić information content (AvgIpc) is 2.95. The molecule has 0 bridgehead atoms. The van der Waals surface area contributed by atoms with Crippen LogP contribution in [0.1, 0.15) is 59.9 Å². The molecule has 1 fully saturated rings. The fourth-order valence-electron chi connectivity index (χ4n) is 5.84. The van der Waals surface area contributed by atoms with Crippen molar-refractivity contribution < 1.29 is 18.0 Å². The van der Waals surface area contributed by atoms with Gasteiger partial charge in [0.05, 0.1) is 11.9 Å². The summed E-state index contributed by atoms with van der Waals surface area (Å²) in [6.07, 6.45) is 6.58. The standard InChI is InChI=1S/C34H43N3O4S/c1-25-14-11-12-19-29(25)23-36(32(38)24-37(42(4,40)41)33-26(2)15-13-16-27(33)3)31(22-28-17-7-5-8-18-28)34(39)35-30-20-9-6-10-21-30/h5,7-8,11-19,30-31H,6,9-10,20-24H2,1-4H3,(H,35,39)/t31-/m1/s1. The van der Waals surface area contributed by atoms with Crippen LogP contribution in [0.3, 0.4) is 0 Å². The Morgan fingerprint density at radius 2 is 1.43 bits per heavy atom. The summed E-state index contributed by atoms with van der Waals surface area (Å²) >= 11 is 0. The summed E-state index contributed by atoms with van der Waals surface area (Å²) in [5, 5.41) is 3.24. The van der Waals surface area contributed by atoms with E-state index in [0.717, 1.165) is 66.2 Å². The first-order valence-corrected chi connectivity index (χ1v) is 16.6. The van der Waals surface area contributed by atoms with E-state index in [0.29, 0.717) is 12.1 Å². The van der Waals surface area contributed by atoms with E-state index in [1.54, 1.807) is 4.90 Å². The molecule has 1 N–H and O–H groups in total. The van der Waals surface area contributed by atoms with Gasteiger partial charge in [0.1, 0.15) is 12.6 Å². The van der Waals surface area contributed by atoms with E-state index in [4.69, 9.17) is 0 Å². The molecule has 1 aliphatic rings. The maximum Gasteiger partial charge on any atom is 0.244 e. The number of carbonyl (C=O) groups is 2. The number of amides is 2. The summed E-state index contributed by atoms with van der Waals surface area (Å²) in [5.74, 6) is -0.628. The molecule has 0 radical (unpaired) electrons. The summed E-state index contributed by atoms with van der Waals surface area (Å²) in [5.41, 5.74) is 4.85. The number of anilines is 1. The average molecular weight is 590 g/mol. The van der Waals surface area contributed by atoms with Crippen LogP contribution >= 0.6 is 0 Å². The second-order valence-electron chi connectivity index (χ2n) is 11.5. The molecule has 3 aromatic rings. The van der Waals surface area contributed by atoms with Gasteiger partial charge in [-0.25, -0.2) is 8.42 Å². The summed E-state index contributed by atoms with van der Waals surface area (Å²) < 4.78 is 27.5. The lowest BCUT2D eigenvalue weighted by atomic mass is 9.94. The van der Waals surface area contributed by atoms with Gasteiger partial charge in [-0.15, -0.1) is 0 Å². The maximum absolute atomic E-state index is 14.4. The van der Waals surface area contributed by atoms with Crippen LogP contribution in [0.25, 0.3) is 0 Å². The van der Waals surface area contributed by atoms with Gasteiger partial charge >= 0.3 is 0 Å². The minimum Gasteiger partial charge on any atom is -0.352 e. The molecule has 1 saturated carbocycles. The number of carbonyl (C=O) groups excluding carboxylic acids is 2. The fraction of sp³-hybridized carbons (Fsp3) is 0.412. The third-order valence-electron chi connectivity index (χ3n) is 8.19. The van der Waals surface area contributed by atoms with E-state index < -0.39 is 28.5 Å². The summed E-state index contributed by atoms with van der Waals surface area (Å²) in [6, 6.07) is 22.3. The highest BCUT2D eigenvalue weighted by molar-refractivity contribution is 7.92. The highest BCUT2D eigenvalue weighted by atomic mass is 32.2. The van der Waals surface area contributed by atoms with E-state index in [2.05, 4.69) is 5.32 Å². The van der Waals surface area contributed by atoms with Crippen molar-refractivity contribution in [2.45, 2.75) is 77.9 Å². The van der Waals surface area contributed by atoms with Gasteiger partial charge in [-0.3, -0.25) is 13.9 Å². The number of hydrogen-bond acceptors (Lipinski definition) is 4. The Bertz CT molecular complexity index is 1460. The number of para-hydroxylation sites is 1. The molecule has 0 saturated heterocycles. The molecule has 8 heteroatoms. The van der Waals surface area contributed by atoms with Crippen molar-refractivity contribution in [2.75, 3.05) is 17.1 Å². The van der Waals surface area contributed by atoms with E-state index in [9.17, 15) is 18.0 Å². The molecular formula is C34H43N3O4S. The first-order chi connectivity index (χ1) is 20.0. The molecule has 0 aromatic heterocycles. The number of rotatable bonds is 11. The van der Waals surface area contributed by atoms with Crippen molar-refractivity contribution in [2.24, 2.45) is 0 Å². The molecule has 0 spiro atoms. The van der Waals surface area contributed by atoms with Gasteiger partial charge in [-0.05, 0) is 61.4 Å². The lowest BCUT2D eigenvalue weighted by molar-refractivity contribution is -0.140. The Balaban J connectivity index is 1.76. The molecule has 1 aliphatic carbocycles. The third kappa shape index (κ3) is 8.00. The first-order valence-electron chi connectivity index (χ1n) is 14.8. The van der Waals surface area contributed by atoms with Crippen molar-refractivity contribution in [3.05, 3.63) is 101 Å². The van der Waals surface area contributed by atoms with Gasteiger partial charge in [0.25, 0.3) is 0 Å². The van der Waals surface area contributed by atoms with Crippen molar-refractivity contribution >= 4 is 27.5 Å². The molecule has 3 aromatic carbocycles. The molecule has 1 atom stereocenters. The predicted octanol–water partition coefficient (Wildman–Crippen LogP) is 5.47. The second-order valence-corrected chi connectivity index (χ2v) is 13.4. The van der Waals surface area contributed by atoms with E-state index >= 15 is 0 Å². The van der Waals surface area contributed by atoms with Crippen LogP contribution in [0.5, 0.6) is 0 Å². The van der Waals surface area contributed by atoms with Gasteiger partial charge < -0.3 is 10.2 Å². The van der Waals surface area contributed by atoms with Crippen LogP contribution in [0.4, 0.5) is 5.69 Å². The normalized spacial score (nSPS) is 14.7. The van der Waals surface area contributed by atoms with Crippen LogP contribution in [-0.4, -0.2) is 50.0 Å². The van der Waals surface area contributed by atoms with Crippen molar-refractivity contribution in [3.63, 3.8) is 0 Å². The molecular weight excluding hydrogens is 546 g/mol. The van der Waals surface area contributed by atoms with E-state index in [-0.39, 0.29) is 18.5 Å². The monoisotopic (exact) mass is 589 g/mol. The maximum atomic E-state index is 14.4. The summed E-state index contributed by atoms with van der Waals surface area (Å²) in [4.78, 5) is 30.0. The quantitative estimate of drug-likeness (QED) is 0.322. The molecule has 7 nitrogen and oxygen atoms in total. The van der Waals surface area contributed by atoms with Gasteiger partial charge in [-0.2, -0.15) is 0 Å². The van der Waals surface area contributed by atoms with Gasteiger partial charge in [0.15, 0.2) is 0 Å². The Kier molecular flexibility index (Phi) is 10.4. The van der Waals surface area contributed by atoms with Crippen molar-refractivity contribution in [1.29, 1.82) is 0 Å². The van der Waals surface area contributed by atoms with Crippen LogP contribution in [0.2, 0.25) is 0 Å². The Hall–Kier alpha value is -3.65. The lowest BCUT2D eigenvalue weighted by Crippen LogP contribution is -2.55. The third-order valence-corrected chi connectivity index (χ3v) is 9.31. The second kappa shape index (κ2) is 14.0. The largest absolute Gasteiger partial charge is 0.352 e. The summed E-state index contributed by atoms with van der Waals surface area (Å²) in [6.45, 7) is 5.44. The molecule has 0 aliphatic heterocycles. The number of nitrogens with zero attached hydrogens (tertiary/aromatic N) is 2. The molecule has 4 rings (SSSR count). The summed E-state index contributed by atoms with van der Waals surface area (Å²) in [7, 11) is -3.81. The van der Waals surface area contributed by atoms with Crippen LogP contribution < -0.4 is 9.62 Å². The first kappa shape index (κ1) is 31.3. The highest BCUT2D eigenvalue weighted by Gasteiger charge is 2.34. The van der Waals surface area contributed by atoms with Crippen LogP contribution in [0, 0.1) is 20.8 Å². The minimum atomic E-state index is -3.81. The Labute approximate surface area is 251 Å². The predicted molar refractivity (Wildman–Crippen MR) is 169 cm³/mol. The zero-order chi connectivity index (χ0) is 30.3. The molecule has 42 heavy (non-hydrogen) atoms. The molecule has 2 amide bonds. The molecule has 0 unspecified atom stereocenters. The highest BCUT2D eigenvalue weighted by Crippen LogP contribution is 2.28. The lowest BCUT2D eigenvalue weighted by Gasteiger charge is -2.35. The van der Waals surface area contributed by atoms with Crippen molar-refractivity contribution in [3.8, 4) is 0 Å².